The topological polar surface area (TPSA) is 53.0 Å². The zero-order valence-corrected chi connectivity index (χ0v) is 13.5. The number of nitrogens with zero attached hydrogens (tertiary/aromatic N) is 2. The van der Waals surface area contributed by atoms with Crippen molar-refractivity contribution < 1.29 is 23.4 Å². The second-order valence-electron chi connectivity index (χ2n) is 6.34. The molecule has 0 bridgehead atoms. The number of phenols is 1. The van der Waals surface area contributed by atoms with Crippen molar-refractivity contribution in [1.82, 2.24) is 9.80 Å². The Bertz CT molecular complexity index is 582. The van der Waals surface area contributed by atoms with Crippen molar-refractivity contribution in [3.63, 3.8) is 0 Å². The van der Waals surface area contributed by atoms with Gasteiger partial charge in [-0.1, -0.05) is 0 Å². The number of rotatable bonds is 3. The zero-order chi connectivity index (χ0) is 17.1. The number of halogens is 2. The molecule has 0 radical (unpaired) electrons. The van der Waals surface area contributed by atoms with Gasteiger partial charge >= 0.3 is 0 Å². The number of carbonyl (C=O) groups is 1. The van der Waals surface area contributed by atoms with Crippen LogP contribution in [0.5, 0.6) is 5.75 Å². The van der Waals surface area contributed by atoms with E-state index in [1.54, 1.807) is 4.90 Å². The van der Waals surface area contributed by atoms with Crippen molar-refractivity contribution in [3.8, 4) is 5.75 Å². The van der Waals surface area contributed by atoms with Gasteiger partial charge in [0.05, 0.1) is 13.2 Å². The zero-order valence-electron chi connectivity index (χ0n) is 13.5. The third-order valence-electron chi connectivity index (χ3n) is 4.71. The van der Waals surface area contributed by atoms with Gasteiger partial charge in [-0.25, -0.2) is 8.78 Å². The SMILES string of the molecule is O=C(c1c(O)cc(F)cc1F)N1CCCC[C@@H]1CN1CCOCC1. The molecule has 0 saturated carbocycles. The van der Waals surface area contributed by atoms with Gasteiger partial charge in [-0.3, -0.25) is 9.69 Å². The maximum Gasteiger partial charge on any atom is 0.260 e. The molecule has 7 heteroatoms. The van der Waals surface area contributed by atoms with Crippen LogP contribution >= 0.6 is 0 Å². The Labute approximate surface area is 139 Å². The highest BCUT2D eigenvalue weighted by molar-refractivity contribution is 5.97. The number of benzene rings is 1. The molecule has 2 aliphatic rings. The molecule has 3 rings (SSSR count). The number of hydrogen-bond donors (Lipinski definition) is 1. The van der Waals surface area contributed by atoms with Crippen LogP contribution in [0.2, 0.25) is 0 Å². The molecule has 2 heterocycles. The standard InChI is InChI=1S/C17H22F2N2O3/c18-12-9-14(19)16(15(22)10-12)17(23)21-4-2-1-3-13(21)11-20-5-7-24-8-6-20/h9-10,13,22H,1-8,11H2/t13-/m1/s1. The van der Waals surface area contributed by atoms with Crippen LogP contribution < -0.4 is 0 Å². The molecule has 2 aliphatic heterocycles. The molecule has 0 unspecified atom stereocenters. The van der Waals surface area contributed by atoms with Gasteiger partial charge in [-0.15, -0.1) is 0 Å². The molecule has 5 nitrogen and oxygen atoms in total. The third-order valence-corrected chi connectivity index (χ3v) is 4.71. The second-order valence-corrected chi connectivity index (χ2v) is 6.34. The number of phenolic OH excluding ortho intramolecular Hbond substituents is 1. The summed E-state index contributed by atoms with van der Waals surface area (Å²) in [6.45, 7) is 4.20. The van der Waals surface area contributed by atoms with E-state index in [0.29, 0.717) is 32.4 Å². The number of ether oxygens (including phenoxy) is 1. The second kappa shape index (κ2) is 7.44. The fraction of sp³-hybridized carbons (Fsp3) is 0.588. The Morgan fingerprint density at radius 1 is 1.21 bits per heavy atom. The van der Waals surface area contributed by atoms with E-state index in [2.05, 4.69) is 4.90 Å². The first-order valence-electron chi connectivity index (χ1n) is 8.35. The van der Waals surface area contributed by atoms with E-state index in [1.807, 2.05) is 0 Å². The summed E-state index contributed by atoms with van der Waals surface area (Å²) in [6, 6.07) is 1.37. The number of hydrogen-bond acceptors (Lipinski definition) is 4. The molecule has 1 N–H and O–H groups in total. The molecule has 0 spiro atoms. The van der Waals surface area contributed by atoms with E-state index < -0.39 is 28.9 Å². The van der Waals surface area contributed by atoms with Crippen molar-refractivity contribution in [3.05, 3.63) is 29.3 Å². The number of carbonyl (C=O) groups excluding carboxylic acids is 1. The normalized spacial score (nSPS) is 22.6. The number of morpholine rings is 1. The summed E-state index contributed by atoms with van der Waals surface area (Å²) in [5.74, 6) is -3.13. The summed E-state index contributed by atoms with van der Waals surface area (Å²) in [5, 5.41) is 9.83. The molecule has 0 aromatic heterocycles. The first kappa shape index (κ1) is 17.1. The van der Waals surface area contributed by atoms with Gasteiger partial charge in [0.1, 0.15) is 22.9 Å². The Morgan fingerprint density at radius 2 is 1.96 bits per heavy atom. The lowest BCUT2D eigenvalue weighted by Gasteiger charge is -2.39. The average molecular weight is 340 g/mol. The molecule has 24 heavy (non-hydrogen) atoms. The van der Waals surface area contributed by atoms with Gasteiger partial charge < -0.3 is 14.7 Å². The van der Waals surface area contributed by atoms with E-state index in [-0.39, 0.29) is 6.04 Å². The van der Waals surface area contributed by atoms with Crippen LogP contribution in [0.25, 0.3) is 0 Å². The van der Waals surface area contributed by atoms with Gasteiger partial charge in [0.25, 0.3) is 5.91 Å². The highest BCUT2D eigenvalue weighted by Gasteiger charge is 2.32. The van der Waals surface area contributed by atoms with Crippen molar-refractivity contribution >= 4 is 5.91 Å². The maximum absolute atomic E-state index is 14.0. The van der Waals surface area contributed by atoms with Gasteiger partial charge in [0, 0.05) is 44.4 Å². The summed E-state index contributed by atoms with van der Waals surface area (Å²) >= 11 is 0. The monoisotopic (exact) mass is 340 g/mol. The van der Waals surface area contributed by atoms with E-state index in [9.17, 15) is 18.7 Å². The minimum Gasteiger partial charge on any atom is -0.507 e. The van der Waals surface area contributed by atoms with Gasteiger partial charge in [-0.05, 0) is 19.3 Å². The van der Waals surface area contributed by atoms with Crippen LogP contribution in [0.15, 0.2) is 12.1 Å². The minimum atomic E-state index is -1.02. The van der Waals surface area contributed by atoms with Crippen molar-refractivity contribution in [2.45, 2.75) is 25.3 Å². The number of amides is 1. The molecule has 2 fully saturated rings. The van der Waals surface area contributed by atoms with Crippen LogP contribution in [-0.4, -0.2) is 66.2 Å². The molecule has 1 amide bonds. The lowest BCUT2D eigenvalue weighted by molar-refractivity contribution is 0.0164. The minimum absolute atomic E-state index is 0.0341. The Morgan fingerprint density at radius 3 is 2.67 bits per heavy atom. The first-order chi connectivity index (χ1) is 11.6. The van der Waals surface area contributed by atoms with E-state index >= 15 is 0 Å². The third kappa shape index (κ3) is 3.67. The Kier molecular flexibility index (Phi) is 5.30. The predicted molar refractivity (Wildman–Crippen MR) is 84.0 cm³/mol. The number of piperidine rings is 1. The van der Waals surface area contributed by atoms with Crippen LogP contribution in [0.3, 0.4) is 0 Å². The quantitative estimate of drug-likeness (QED) is 0.914. The highest BCUT2D eigenvalue weighted by Crippen LogP contribution is 2.27. The van der Waals surface area contributed by atoms with E-state index in [0.717, 1.165) is 38.4 Å². The fourth-order valence-corrected chi connectivity index (χ4v) is 3.45. The lowest BCUT2D eigenvalue weighted by Crippen LogP contribution is -2.51. The van der Waals surface area contributed by atoms with Gasteiger partial charge in [0.2, 0.25) is 0 Å². The van der Waals surface area contributed by atoms with Crippen LogP contribution in [-0.2, 0) is 4.74 Å². The largest absolute Gasteiger partial charge is 0.507 e. The van der Waals surface area contributed by atoms with Gasteiger partial charge in [-0.2, -0.15) is 0 Å². The predicted octanol–water partition coefficient (Wildman–Crippen LogP) is 2.00. The number of aromatic hydroxyl groups is 1. The van der Waals surface area contributed by atoms with Crippen LogP contribution in [0.1, 0.15) is 29.6 Å². The highest BCUT2D eigenvalue weighted by atomic mass is 19.1. The van der Waals surface area contributed by atoms with Crippen molar-refractivity contribution in [2.75, 3.05) is 39.4 Å². The summed E-state index contributed by atoms with van der Waals surface area (Å²) in [6.07, 6.45) is 2.69. The molecule has 1 aromatic carbocycles. The molecule has 1 aromatic rings. The molecular formula is C17H22F2N2O3. The number of likely N-dealkylation sites (tertiary alicyclic amines) is 1. The molecule has 1 atom stereocenters. The van der Waals surface area contributed by atoms with E-state index in [1.165, 1.54) is 0 Å². The average Bonchev–Trinajstić information content (AvgIpc) is 2.55. The smallest absolute Gasteiger partial charge is 0.260 e. The summed E-state index contributed by atoms with van der Waals surface area (Å²) in [7, 11) is 0. The van der Waals surface area contributed by atoms with Gasteiger partial charge in [0.15, 0.2) is 0 Å². The van der Waals surface area contributed by atoms with Crippen molar-refractivity contribution in [1.29, 1.82) is 0 Å². The molecule has 132 valence electrons. The summed E-state index contributed by atoms with van der Waals surface area (Å²) < 4.78 is 32.5. The lowest BCUT2D eigenvalue weighted by atomic mass is 9.99. The Hall–Kier alpha value is -1.73. The Balaban J connectivity index is 1.78. The first-order valence-corrected chi connectivity index (χ1v) is 8.35. The maximum atomic E-state index is 14.0. The van der Waals surface area contributed by atoms with E-state index in [4.69, 9.17) is 4.74 Å². The molecule has 0 aliphatic carbocycles. The molecular weight excluding hydrogens is 318 g/mol. The summed E-state index contributed by atoms with van der Waals surface area (Å²) in [4.78, 5) is 16.6. The fourth-order valence-electron chi connectivity index (χ4n) is 3.45. The van der Waals surface area contributed by atoms with Crippen LogP contribution in [0, 0.1) is 11.6 Å². The molecule has 2 saturated heterocycles. The van der Waals surface area contributed by atoms with Crippen molar-refractivity contribution in [2.24, 2.45) is 0 Å². The van der Waals surface area contributed by atoms with Crippen LogP contribution in [0.4, 0.5) is 8.78 Å². The summed E-state index contributed by atoms with van der Waals surface area (Å²) in [5.41, 5.74) is -0.440.